The van der Waals surface area contributed by atoms with Crippen molar-refractivity contribution >= 4 is 83.5 Å². The maximum atomic E-state index is 12.6. The van der Waals surface area contributed by atoms with Crippen molar-refractivity contribution in [2.24, 2.45) is 14.7 Å². The van der Waals surface area contributed by atoms with Crippen LogP contribution in [0.15, 0.2) is 96.2 Å². The summed E-state index contributed by atoms with van der Waals surface area (Å²) in [5.74, 6) is 0.489. The Labute approximate surface area is 249 Å². The van der Waals surface area contributed by atoms with Crippen LogP contribution in [0.1, 0.15) is 6.92 Å². The summed E-state index contributed by atoms with van der Waals surface area (Å²) >= 11 is 6.58. The Balaban J connectivity index is 0.00000134. The molecule has 3 aromatic rings. The van der Waals surface area contributed by atoms with E-state index < -0.39 is 10.0 Å². The van der Waals surface area contributed by atoms with Gasteiger partial charge in [0.1, 0.15) is 0 Å². The Hall–Kier alpha value is -2.78. The van der Waals surface area contributed by atoms with Gasteiger partial charge in [-0.15, -0.1) is 24.1 Å². The number of benzene rings is 2. The molecule has 2 aromatic carbocycles. The van der Waals surface area contributed by atoms with Crippen LogP contribution in [0, 0.1) is 5.41 Å². The number of rotatable bonds is 8. The molecular formula is C22H19Cl2FeN8O3S3. The minimum absolute atomic E-state index is 0.0186. The van der Waals surface area contributed by atoms with Crippen LogP contribution < -0.4 is 14.5 Å². The fourth-order valence-electron chi connectivity index (χ4n) is 3.05. The van der Waals surface area contributed by atoms with Gasteiger partial charge >= 0.3 is 33.3 Å². The number of sulfonamides is 1. The van der Waals surface area contributed by atoms with Crippen molar-refractivity contribution in [1.82, 2.24) is 10.2 Å². The minimum atomic E-state index is -3.87. The first-order chi connectivity index (χ1) is 18.7. The third-order valence-electron chi connectivity index (χ3n) is 4.78. The second kappa shape index (κ2) is 14.6. The number of anilines is 2. The predicted molar refractivity (Wildman–Crippen MR) is 154 cm³/mol. The first kappa shape index (κ1) is 30.8. The molecule has 1 aliphatic rings. The Morgan fingerprint density at radius 2 is 1.77 bits per heavy atom. The molecule has 0 spiro atoms. The molecule has 0 radical (unpaired) electrons. The van der Waals surface area contributed by atoms with E-state index in [4.69, 9.17) is 43.0 Å². The molecule has 11 nitrogen and oxygen atoms in total. The zero-order chi connectivity index (χ0) is 28.4. The Morgan fingerprint density at radius 1 is 1.10 bits per heavy atom. The number of ether oxygens (including phenoxy) is 1. The van der Waals surface area contributed by atoms with Crippen molar-refractivity contribution < 1.29 is 26.3 Å². The average Bonchev–Trinajstić information content (AvgIpc) is 3.23. The number of nitrogens with zero attached hydrogens (tertiary/aromatic N) is 6. The molecule has 2 heterocycles. The number of hydrazone groups is 1. The second-order valence-electron chi connectivity index (χ2n) is 7.23. The van der Waals surface area contributed by atoms with Crippen molar-refractivity contribution in [3.05, 3.63) is 76.5 Å². The third kappa shape index (κ3) is 8.35. The molecule has 4 rings (SSSR count). The van der Waals surface area contributed by atoms with Crippen LogP contribution in [-0.4, -0.2) is 37.3 Å². The molecule has 1 aromatic heterocycles. The summed E-state index contributed by atoms with van der Waals surface area (Å²) in [7, 11) is 7.09. The molecular weight excluding hydrogens is 647 g/mol. The molecule has 205 valence electrons. The van der Waals surface area contributed by atoms with E-state index in [-0.39, 0.29) is 35.6 Å². The van der Waals surface area contributed by atoms with Crippen LogP contribution in [0.25, 0.3) is 0 Å². The van der Waals surface area contributed by atoms with Crippen LogP contribution in [0.2, 0.25) is 0 Å². The van der Waals surface area contributed by atoms with E-state index in [2.05, 4.69) is 29.7 Å². The topological polar surface area (TPSA) is 145 Å². The quantitative estimate of drug-likeness (QED) is 0.128. The van der Waals surface area contributed by atoms with E-state index in [1.807, 2.05) is 30.3 Å². The molecule has 0 bridgehead atoms. The van der Waals surface area contributed by atoms with E-state index in [9.17, 15) is 8.42 Å². The van der Waals surface area contributed by atoms with E-state index >= 15 is 0 Å². The van der Waals surface area contributed by atoms with Gasteiger partial charge in [-0.1, -0.05) is 18.2 Å². The summed E-state index contributed by atoms with van der Waals surface area (Å²) in [5.41, 5.74) is 2.30. The summed E-state index contributed by atoms with van der Waals surface area (Å²) in [6.07, 6.45) is 0. The van der Waals surface area contributed by atoms with Gasteiger partial charge in [0.05, 0.1) is 29.1 Å². The zero-order valence-corrected chi connectivity index (χ0v) is 25.2. The zero-order valence-electron chi connectivity index (χ0n) is 20.1. The number of hydrogen-bond donors (Lipinski definition) is 2. The van der Waals surface area contributed by atoms with Gasteiger partial charge in [-0.3, -0.25) is 10.1 Å². The van der Waals surface area contributed by atoms with Crippen LogP contribution in [0.5, 0.6) is 5.88 Å². The van der Waals surface area contributed by atoms with Gasteiger partial charge in [-0.2, -0.15) is 5.10 Å². The van der Waals surface area contributed by atoms with Gasteiger partial charge in [0.25, 0.3) is 10.0 Å². The number of hydrogen-bond acceptors (Lipinski definition) is 11. The molecule has 0 saturated carbocycles. The number of amidine groups is 1. The Kier molecular flexibility index (Phi) is 11.5. The van der Waals surface area contributed by atoms with Crippen molar-refractivity contribution in [3.8, 4) is 5.88 Å². The van der Waals surface area contributed by atoms with Crippen molar-refractivity contribution in [3.63, 3.8) is 0 Å². The molecule has 0 saturated heterocycles. The summed E-state index contributed by atoms with van der Waals surface area (Å²) < 4.78 is 36.8. The summed E-state index contributed by atoms with van der Waals surface area (Å²) in [5, 5.41) is 26.0. The number of para-hydroxylation sites is 1. The molecule has 0 fully saturated rings. The third-order valence-corrected chi connectivity index (χ3v) is 7.11. The number of nitrogens with one attached hydrogen (secondary N) is 2. The Bertz CT molecular complexity index is 1490. The molecule has 17 heteroatoms. The summed E-state index contributed by atoms with van der Waals surface area (Å²) in [6, 6.07) is 18.1. The van der Waals surface area contributed by atoms with Crippen LogP contribution in [-0.2, 0) is 35.8 Å². The first-order valence-corrected chi connectivity index (χ1v) is 16.2. The molecule has 2 N–H and O–H groups in total. The van der Waals surface area contributed by atoms with E-state index in [1.165, 1.54) is 48.5 Å². The van der Waals surface area contributed by atoms with Gasteiger partial charge < -0.3 is 17.4 Å². The fourth-order valence-corrected chi connectivity index (χ4v) is 4.94. The molecule has 0 unspecified atom stereocenters. The van der Waals surface area contributed by atoms with Crippen molar-refractivity contribution in [2.45, 2.75) is 11.8 Å². The normalized spacial score (nSPS) is 14.5. The fraction of sp³-hybridized carbons (Fsp3) is 0.0909. The summed E-state index contributed by atoms with van der Waals surface area (Å²) in [6.45, 7) is 1.78. The van der Waals surface area contributed by atoms with Crippen molar-refractivity contribution in [1.29, 1.82) is 5.41 Å². The molecule has 0 atom stereocenters. The predicted octanol–water partition coefficient (Wildman–Crippen LogP) is 6.03. The Morgan fingerprint density at radius 3 is 2.36 bits per heavy atom. The second-order valence-corrected chi connectivity index (χ2v) is 12.2. The van der Waals surface area contributed by atoms with Crippen LogP contribution in [0.4, 0.5) is 17.2 Å². The van der Waals surface area contributed by atoms with Gasteiger partial charge in [0.2, 0.25) is 5.88 Å². The SMILES string of the molecule is COc1ccc(NS(=O)(=O)c2ccc(N=NS/C([S-])=C3\C(=N)N(c4ccccc4)N=C3C)cc2)nn1.[Cl][Fe+][Cl]. The molecule has 39 heavy (non-hydrogen) atoms. The van der Waals surface area contributed by atoms with Gasteiger partial charge in [0, 0.05) is 23.6 Å². The number of methoxy groups -OCH3 is 1. The first-order valence-electron chi connectivity index (χ1n) is 10.5. The molecule has 0 amide bonds. The molecule has 0 aliphatic carbocycles. The van der Waals surface area contributed by atoms with Gasteiger partial charge in [-0.25, -0.2) is 13.4 Å². The van der Waals surface area contributed by atoms with Crippen LogP contribution >= 0.6 is 32.1 Å². The monoisotopic (exact) mass is 665 g/mol. The summed E-state index contributed by atoms with van der Waals surface area (Å²) in [4.78, 5) is 0.0186. The number of halogens is 2. The van der Waals surface area contributed by atoms with E-state index in [1.54, 1.807) is 6.92 Å². The molecule has 1 aliphatic heterocycles. The average molecular weight is 666 g/mol. The van der Waals surface area contributed by atoms with E-state index in [0.29, 0.717) is 21.2 Å². The van der Waals surface area contributed by atoms with Gasteiger partial charge in [-0.05, 0) is 49.4 Å². The standard InChI is InChI=1S/C22H20N8O3S3.2ClH.Fe/c1-14-20(21(23)30(27-14)16-6-4-3-5-7-16)22(34)35-29-24-15-8-10-17(11-9-15)36(31,32)28-18-12-13-19(33-2)26-25-18;;;/h3-13,23,34H,1-2H3,(H,25,28);2*1H;/q;;;+3/p-3/b22-20-,23-21?,29-24?;;;. The van der Waals surface area contributed by atoms with Gasteiger partial charge in [0.15, 0.2) is 11.7 Å². The maximum absolute atomic E-state index is 12.6. The van der Waals surface area contributed by atoms with Crippen molar-refractivity contribution in [2.75, 3.05) is 16.8 Å². The van der Waals surface area contributed by atoms with Crippen LogP contribution in [0.3, 0.4) is 0 Å². The number of aromatic nitrogens is 2. The van der Waals surface area contributed by atoms with E-state index in [0.717, 1.165) is 17.6 Å².